The third-order valence-electron chi connectivity index (χ3n) is 3.74. The van der Waals surface area contributed by atoms with E-state index in [1.54, 1.807) is 30.3 Å². The van der Waals surface area contributed by atoms with Gasteiger partial charge in [0.15, 0.2) is 17.3 Å². The fraction of sp³-hybridized carbons (Fsp3) is 0.167. The Labute approximate surface area is 160 Å². The predicted molar refractivity (Wildman–Crippen MR) is 101 cm³/mol. The lowest BCUT2D eigenvalue weighted by Gasteiger charge is -2.13. The van der Waals surface area contributed by atoms with E-state index in [1.807, 2.05) is 6.07 Å². The molecule has 1 heterocycles. The van der Waals surface area contributed by atoms with Crippen molar-refractivity contribution in [3.8, 4) is 28.6 Å². The van der Waals surface area contributed by atoms with E-state index < -0.39 is 5.91 Å². The average Bonchev–Trinajstić information content (AvgIpc) is 3.15. The van der Waals surface area contributed by atoms with Crippen LogP contribution in [0.3, 0.4) is 0 Å². The molecule has 2 aromatic carbocycles. The van der Waals surface area contributed by atoms with Gasteiger partial charge >= 0.3 is 0 Å². The molecule has 3 rings (SSSR count). The molecule has 0 bridgehead atoms. The lowest BCUT2D eigenvalue weighted by Crippen LogP contribution is -2.13. The summed E-state index contributed by atoms with van der Waals surface area (Å²) in [5, 5.41) is 9.98. The van der Waals surface area contributed by atoms with Crippen molar-refractivity contribution in [3.63, 3.8) is 0 Å². The predicted octanol–water partition coefficient (Wildman–Crippen LogP) is 3.40. The molecule has 0 saturated heterocycles. The summed E-state index contributed by atoms with van der Waals surface area (Å²) in [6, 6.07) is 10.2. The molecule has 0 atom stereocenters. The molecule has 0 spiro atoms. The number of methoxy groups -OCH3 is 3. The summed E-state index contributed by atoms with van der Waals surface area (Å²) in [6.07, 6.45) is 0. The van der Waals surface area contributed by atoms with E-state index in [9.17, 15) is 4.79 Å². The molecule has 1 amide bonds. The fourth-order valence-electron chi connectivity index (χ4n) is 2.47. The molecule has 9 heteroatoms. The number of halogens is 1. The van der Waals surface area contributed by atoms with Gasteiger partial charge in [0.05, 0.1) is 21.3 Å². The average molecular weight is 389 g/mol. The van der Waals surface area contributed by atoms with Gasteiger partial charge in [-0.05, 0) is 24.3 Å². The Balaban J connectivity index is 1.84. The molecule has 8 nitrogen and oxygen atoms in total. The number of aromatic amines is 1. The van der Waals surface area contributed by atoms with Crippen LogP contribution >= 0.6 is 11.6 Å². The minimum atomic E-state index is -0.425. The van der Waals surface area contributed by atoms with Crippen LogP contribution in [0.15, 0.2) is 36.4 Å². The fourth-order valence-corrected chi connectivity index (χ4v) is 2.66. The summed E-state index contributed by atoms with van der Waals surface area (Å²) in [4.78, 5) is 16.8. The largest absolute Gasteiger partial charge is 0.493 e. The standard InChI is InChI=1S/C18H17ClN4O4/c1-25-13-8-11(9-14(26-2)15(13)27-3)17(24)21-18-20-16(22-23-18)10-5-4-6-12(19)7-10/h4-9H,1-3H3,(H2,20,21,22,23,24). The number of hydrogen-bond donors (Lipinski definition) is 2. The molecule has 0 unspecified atom stereocenters. The molecule has 1 aromatic heterocycles. The third kappa shape index (κ3) is 3.95. The Morgan fingerprint density at radius 3 is 2.37 bits per heavy atom. The number of carbonyl (C=O) groups is 1. The van der Waals surface area contributed by atoms with Crippen molar-refractivity contribution in [1.82, 2.24) is 15.2 Å². The van der Waals surface area contributed by atoms with Gasteiger partial charge in [0.25, 0.3) is 5.91 Å². The van der Waals surface area contributed by atoms with Crippen LogP contribution in [0.4, 0.5) is 5.95 Å². The number of ether oxygens (including phenoxy) is 3. The zero-order chi connectivity index (χ0) is 19.4. The normalized spacial score (nSPS) is 10.4. The molecule has 140 valence electrons. The van der Waals surface area contributed by atoms with Crippen molar-refractivity contribution in [3.05, 3.63) is 47.0 Å². The van der Waals surface area contributed by atoms with Crippen LogP contribution in [-0.4, -0.2) is 42.4 Å². The van der Waals surface area contributed by atoms with E-state index in [-0.39, 0.29) is 5.95 Å². The first kappa shape index (κ1) is 18.5. The molecular weight excluding hydrogens is 372 g/mol. The Morgan fingerprint density at radius 1 is 1.07 bits per heavy atom. The Kier molecular flexibility index (Phi) is 5.46. The first-order chi connectivity index (χ1) is 13.0. The van der Waals surface area contributed by atoms with Gasteiger partial charge in [0.2, 0.25) is 11.7 Å². The van der Waals surface area contributed by atoms with E-state index in [4.69, 9.17) is 25.8 Å². The Bertz CT molecular complexity index is 948. The van der Waals surface area contributed by atoms with Gasteiger partial charge in [-0.25, -0.2) is 0 Å². The quantitative estimate of drug-likeness (QED) is 0.671. The number of benzene rings is 2. The van der Waals surface area contributed by atoms with Crippen molar-refractivity contribution in [2.45, 2.75) is 0 Å². The summed E-state index contributed by atoms with van der Waals surface area (Å²) in [6.45, 7) is 0. The van der Waals surface area contributed by atoms with Crippen LogP contribution in [0.1, 0.15) is 10.4 Å². The monoisotopic (exact) mass is 388 g/mol. The summed E-state index contributed by atoms with van der Waals surface area (Å²) in [5.74, 6) is 1.33. The zero-order valence-electron chi connectivity index (χ0n) is 14.9. The molecule has 0 aliphatic heterocycles. The van der Waals surface area contributed by atoms with Crippen LogP contribution in [0.5, 0.6) is 17.2 Å². The smallest absolute Gasteiger partial charge is 0.258 e. The molecule has 2 N–H and O–H groups in total. The summed E-state index contributed by atoms with van der Waals surface area (Å²) in [5.41, 5.74) is 1.06. The SMILES string of the molecule is COc1cc(C(=O)Nc2n[nH]c(-c3cccc(Cl)c3)n2)cc(OC)c1OC. The number of carbonyl (C=O) groups excluding carboxylic acids is 1. The summed E-state index contributed by atoms with van der Waals surface area (Å²) in [7, 11) is 4.45. The second kappa shape index (κ2) is 7.96. The van der Waals surface area contributed by atoms with E-state index in [2.05, 4.69) is 20.5 Å². The lowest BCUT2D eigenvalue weighted by atomic mass is 10.1. The molecular formula is C18H17ClN4O4. The maximum Gasteiger partial charge on any atom is 0.258 e. The number of nitrogens with one attached hydrogen (secondary N) is 2. The highest BCUT2D eigenvalue weighted by molar-refractivity contribution is 6.30. The molecule has 3 aromatic rings. The van der Waals surface area contributed by atoms with E-state index in [0.717, 1.165) is 5.56 Å². The van der Waals surface area contributed by atoms with Gasteiger partial charge in [-0.1, -0.05) is 23.7 Å². The van der Waals surface area contributed by atoms with Crippen molar-refractivity contribution < 1.29 is 19.0 Å². The number of rotatable bonds is 6. The van der Waals surface area contributed by atoms with Crippen LogP contribution in [0.2, 0.25) is 5.02 Å². The molecule has 0 aliphatic rings. The van der Waals surface area contributed by atoms with Gasteiger partial charge in [-0.15, -0.1) is 5.10 Å². The van der Waals surface area contributed by atoms with Crippen LogP contribution in [0, 0.1) is 0 Å². The number of amides is 1. The maximum atomic E-state index is 12.6. The van der Waals surface area contributed by atoms with Gasteiger partial charge < -0.3 is 14.2 Å². The Morgan fingerprint density at radius 2 is 1.78 bits per heavy atom. The third-order valence-corrected chi connectivity index (χ3v) is 3.97. The van der Waals surface area contributed by atoms with Gasteiger partial charge in [-0.2, -0.15) is 4.98 Å². The summed E-state index contributed by atoms with van der Waals surface area (Å²) < 4.78 is 15.8. The minimum Gasteiger partial charge on any atom is -0.493 e. The van der Waals surface area contributed by atoms with E-state index in [1.165, 1.54) is 21.3 Å². The van der Waals surface area contributed by atoms with Crippen molar-refractivity contribution in [2.75, 3.05) is 26.6 Å². The van der Waals surface area contributed by atoms with Gasteiger partial charge in [-0.3, -0.25) is 15.2 Å². The van der Waals surface area contributed by atoms with Crippen molar-refractivity contribution in [2.24, 2.45) is 0 Å². The van der Waals surface area contributed by atoms with Crippen LogP contribution in [-0.2, 0) is 0 Å². The lowest BCUT2D eigenvalue weighted by molar-refractivity contribution is 0.102. The van der Waals surface area contributed by atoms with Gasteiger partial charge in [0, 0.05) is 16.1 Å². The Hall–Kier alpha value is -3.26. The maximum absolute atomic E-state index is 12.6. The number of H-pyrrole nitrogens is 1. The topological polar surface area (TPSA) is 98.4 Å². The number of aromatic nitrogens is 3. The molecule has 0 saturated carbocycles. The van der Waals surface area contributed by atoms with E-state index >= 15 is 0 Å². The van der Waals surface area contributed by atoms with Crippen molar-refractivity contribution in [1.29, 1.82) is 0 Å². The van der Waals surface area contributed by atoms with E-state index in [0.29, 0.717) is 33.7 Å². The first-order valence-electron chi connectivity index (χ1n) is 7.85. The number of anilines is 1. The highest BCUT2D eigenvalue weighted by atomic mass is 35.5. The highest BCUT2D eigenvalue weighted by Crippen LogP contribution is 2.38. The zero-order valence-corrected chi connectivity index (χ0v) is 15.6. The highest BCUT2D eigenvalue weighted by Gasteiger charge is 2.18. The molecule has 0 fully saturated rings. The summed E-state index contributed by atoms with van der Waals surface area (Å²) >= 11 is 5.98. The van der Waals surface area contributed by atoms with Crippen LogP contribution in [0.25, 0.3) is 11.4 Å². The number of hydrogen-bond acceptors (Lipinski definition) is 6. The molecule has 27 heavy (non-hydrogen) atoms. The molecule has 0 aliphatic carbocycles. The van der Waals surface area contributed by atoms with Crippen molar-refractivity contribution >= 4 is 23.5 Å². The second-order valence-corrected chi connectivity index (χ2v) is 5.82. The molecule has 0 radical (unpaired) electrons. The second-order valence-electron chi connectivity index (χ2n) is 5.39. The minimum absolute atomic E-state index is 0.128. The van der Waals surface area contributed by atoms with Gasteiger partial charge in [0.1, 0.15) is 0 Å². The first-order valence-corrected chi connectivity index (χ1v) is 8.23. The van der Waals surface area contributed by atoms with Crippen LogP contribution < -0.4 is 19.5 Å². The number of nitrogens with zero attached hydrogens (tertiary/aromatic N) is 2.